The molecule has 0 aliphatic rings. The van der Waals surface area contributed by atoms with Crippen molar-refractivity contribution in [2.75, 3.05) is 7.11 Å². The summed E-state index contributed by atoms with van der Waals surface area (Å²) in [6.45, 7) is 0.432. The molecule has 1 aromatic carbocycles. The van der Waals surface area contributed by atoms with Crippen LogP contribution < -0.4 is 10.1 Å². The van der Waals surface area contributed by atoms with Crippen LogP contribution in [0, 0.1) is 0 Å². The van der Waals surface area contributed by atoms with Gasteiger partial charge in [-0.3, -0.25) is 4.79 Å². The first kappa shape index (κ1) is 13.2. The largest absolute Gasteiger partial charge is 0.481 e. The highest BCUT2D eigenvalue weighted by Gasteiger charge is 2.06. The number of carbonyl (C=O) groups excluding carboxylic acids is 1. The highest BCUT2D eigenvalue weighted by molar-refractivity contribution is 5.98. The number of hydrogen-bond acceptors (Lipinski definition) is 3. The van der Waals surface area contributed by atoms with Crippen molar-refractivity contribution in [3.05, 3.63) is 59.9 Å². The van der Waals surface area contributed by atoms with Gasteiger partial charge in [0.05, 0.1) is 7.11 Å². The maximum Gasteiger partial charge on any atom is 0.251 e. The van der Waals surface area contributed by atoms with Gasteiger partial charge in [-0.1, -0.05) is 6.07 Å². The molecular formula is C16H15N3O2. The molecule has 2 heterocycles. The zero-order valence-corrected chi connectivity index (χ0v) is 11.6. The Morgan fingerprint density at radius 1 is 1.29 bits per heavy atom. The minimum absolute atomic E-state index is 0.103. The van der Waals surface area contributed by atoms with Crippen molar-refractivity contribution in [2.45, 2.75) is 6.54 Å². The van der Waals surface area contributed by atoms with E-state index in [1.807, 2.05) is 30.5 Å². The fourth-order valence-electron chi connectivity index (χ4n) is 2.12. The molecule has 21 heavy (non-hydrogen) atoms. The molecule has 106 valence electrons. The molecule has 2 aromatic heterocycles. The van der Waals surface area contributed by atoms with E-state index in [-0.39, 0.29) is 5.91 Å². The number of methoxy groups -OCH3 is 1. The van der Waals surface area contributed by atoms with E-state index in [9.17, 15) is 4.79 Å². The molecule has 3 aromatic rings. The number of nitrogens with zero attached hydrogens (tertiary/aromatic N) is 1. The first-order valence-electron chi connectivity index (χ1n) is 6.60. The molecule has 5 heteroatoms. The molecule has 0 spiro atoms. The summed E-state index contributed by atoms with van der Waals surface area (Å²) < 4.78 is 5.00. The Hall–Kier alpha value is -2.82. The predicted molar refractivity (Wildman–Crippen MR) is 80.3 cm³/mol. The van der Waals surface area contributed by atoms with E-state index < -0.39 is 0 Å². The molecule has 0 radical (unpaired) electrons. The summed E-state index contributed by atoms with van der Waals surface area (Å²) in [5, 5.41) is 3.90. The quantitative estimate of drug-likeness (QED) is 0.772. The second-order valence-corrected chi connectivity index (χ2v) is 4.67. The van der Waals surface area contributed by atoms with Crippen LogP contribution >= 0.6 is 0 Å². The van der Waals surface area contributed by atoms with E-state index in [0.717, 1.165) is 16.5 Å². The van der Waals surface area contributed by atoms with Crippen molar-refractivity contribution in [1.29, 1.82) is 0 Å². The van der Waals surface area contributed by atoms with Crippen molar-refractivity contribution < 1.29 is 9.53 Å². The number of H-pyrrole nitrogens is 1. The van der Waals surface area contributed by atoms with Gasteiger partial charge in [-0.25, -0.2) is 4.98 Å². The molecule has 0 aliphatic carbocycles. The average molecular weight is 281 g/mol. The number of nitrogens with one attached hydrogen (secondary N) is 2. The highest BCUT2D eigenvalue weighted by Crippen LogP contribution is 2.14. The van der Waals surface area contributed by atoms with Crippen LogP contribution in [0.5, 0.6) is 5.88 Å². The maximum atomic E-state index is 12.1. The molecule has 0 fully saturated rings. The number of rotatable bonds is 4. The second kappa shape index (κ2) is 5.66. The molecule has 0 atom stereocenters. The van der Waals surface area contributed by atoms with Crippen LogP contribution in [0.2, 0.25) is 0 Å². The number of fused-ring (bicyclic) bond motifs is 1. The third-order valence-corrected chi connectivity index (χ3v) is 3.28. The van der Waals surface area contributed by atoms with E-state index >= 15 is 0 Å². The lowest BCUT2D eigenvalue weighted by Gasteiger charge is -2.06. The van der Waals surface area contributed by atoms with Crippen molar-refractivity contribution in [3.8, 4) is 5.88 Å². The molecule has 3 rings (SSSR count). The summed E-state index contributed by atoms with van der Waals surface area (Å²) in [4.78, 5) is 19.3. The number of aromatic nitrogens is 2. The minimum Gasteiger partial charge on any atom is -0.481 e. The zero-order chi connectivity index (χ0) is 14.7. The summed E-state index contributed by atoms with van der Waals surface area (Å²) >= 11 is 0. The molecule has 0 saturated heterocycles. The van der Waals surface area contributed by atoms with Gasteiger partial charge < -0.3 is 15.0 Å². The number of benzene rings is 1. The van der Waals surface area contributed by atoms with E-state index in [0.29, 0.717) is 18.0 Å². The molecule has 0 unspecified atom stereocenters. The van der Waals surface area contributed by atoms with Crippen LogP contribution in [0.4, 0.5) is 0 Å². The lowest BCUT2D eigenvalue weighted by atomic mass is 10.1. The Morgan fingerprint density at radius 2 is 2.19 bits per heavy atom. The van der Waals surface area contributed by atoms with Gasteiger partial charge in [0.1, 0.15) is 0 Å². The summed E-state index contributed by atoms with van der Waals surface area (Å²) in [5.74, 6) is 0.455. The summed E-state index contributed by atoms with van der Waals surface area (Å²) in [7, 11) is 1.57. The smallest absolute Gasteiger partial charge is 0.251 e. The van der Waals surface area contributed by atoms with Crippen LogP contribution in [-0.2, 0) is 6.54 Å². The van der Waals surface area contributed by atoms with Gasteiger partial charge in [0.2, 0.25) is 5.88 Å². The van der Waals surface area contributed by atoms with Crippen LogP contribution in [0.3, 0.4) is 0 Å². The van der Waals surface area contributed by atoms with Crippen molar-refractivity contribution >= 4 is 16.8 Å². The third-order valence-electron chi connectivity index (χ3n) is 3.28. The van der Waals surface area contributed by atoms with Gasteiger partial charge in [0.25, 0.3) is 5.91 Å². The molecule has 1 amide bonds. The fraction of sp³-hybridized carbons (Fsp3) is 0.125. The monoisotopic (exact) mass is 281 g/mol. The number of ether oxygens (including phenoxy) is 1. The van der Waals surface area contributed by atoms with Gasteiger partial charge in [0, 0.05) is 41.5 Å². The minimum atomic E-state index is -0.103. The second-order valence-electron chi connectivity index (χ2n) is 4.67. The van der Waals surface area contributed by atoms with Crippen molar-refractivity contribution in [3.63, 3.8) is 0 Å². The van der Waals surface area contributed by atoms with Crippen molar-refractivity contribution in [2.24, 2.45) is 0 Å². The summed E-state index contributed by atoms with van der Waals surface area (Å²) in [6, 6.07) is 11.2. The van der Waals surface area contributed by atoms with Gasteiger partial charge in [-0.05, 0) is 29.8 Å². The number of pyridine rings is 1. The lowest BCUT2D eigenvalue weighted by molar-refractivity contribution is 0.0951. The molecule has 5 nitrogen and oxygen atoms in total. The van der Waals surface area contributed by atoms with Crippen molar-refractivity contribution in [1.82, 2.24) is 15.3 Å². The van der Waals surface area contributed by atoms with E-state index in [2.05, 4.69) is 15.3 Å². The Bertz CT molecular complexity index is 763. The molecular weight excluding hydrogens is 266 g/mol. The fourth-order valence-corrected chi connectivity index (χ4v) is 2.12. The number of amides is 1. The average Bonchev–Trinajstić information content (AvgIpc) is 3.00. The van der Waals surface area contributed by atoms with Gasteiger partial charge >= 0.3 is 0 Å². The molecule has 2 N–H and O–H groups in total. The third kappa shape index (κ3) is 2.86. The first-order valence-corrected chi connectivity index (χ1v) is 6.60. The normalized spacial score (nSPS) is 10.5. The molecule has 0 bridgehead atoms. The maximum absolute atomic E-state index is 12.1. The Labute approximate surface area is 122 Å². The summed E-state index contributed by atoms with van der Waals surface area (Å²) in [6.07, 6.45) is 3.55. The van der Waals surface area contributed by atoms with E-state index in [1.165, 1.54) is 0 Å². The Balaban J connectivity index is 1.67. The number of aromatic amines is 1. The molecule has 0 saturated carbocycles. The predicted octanol–water partition coefficient (Wildman–Crippen LogP) is 2.50. The Kier molecular flexibility index (Phi) is 3.55. The van der Waals surface area contributed by atoms with Gasteiger partial charge in [-0.2, -0.15) is 0 Å². The first-order chi connectivity index (χ1) is 10.3. The highest BCUT2D eigenvalue weighted by atomic mass is 16.5. The summed E-state index contributed by atoms with van der Waals surface area (Å²) in [5.41, 5.74) is 2.58. The van der Waals surface area contributed by atoms with Gasteiger partial charge in [-0.15, -0.1) is 0 Å². The van der Waals surface area contributed by atoms with E-state index in [1.54, 1.807) is 25.4 Å². The lowest BCUT2D eigenvalue weighted by Crippen LogP contribution is -2.22. The Morgan fingerprint density at radius 3 is 2.95 bits per heavy atom. The van der Waals surface area contributed by atoms with Crippen LogP contribution in [0.25, 0.3) is 10.9 Å². The topological polar surface area (TPSA) is 67.0 Å². The number of hydrogen-bond donors (Lipinski definition) is 2. The van der Waals surface area contributed by atoms with Crippen LogP contribution in [0.15, 0.2) is 48.8 Å². The zero-order valence-electron chi connectivity index (χ0n) is 11.6. The van der Waals surface area contributed by atoms with Gasteiger partial charge in [0.15, 0.2) is 0 Å². The van der Waals surface area contributed by atoms with Crippen LogP contribution in [-0.4, -0.2) is 23.0 Å². The SMILES string of the molecule is COc1ccc(CNC(=O)c2ccc3[nH]ccc3c2)cn1. The van der Waals surface area contributed by atoms with E-state index in [4.69, 9.17) is 4.74 Å². The molecule has 0 aliphatic heterocycles. The standard InChI is InChI=1S/C16H15N3O2/c1-21-15-5-2-11(9-18-15)10-19-16(20)13-3-4-14-12(8-13)6-7-17-14/h2-9,17H,10H2,1H3,(H,19,20). The van der Waals surface area contributed by atoms with Crippen LogP contribution in [0.1, 0.15) is 15.9 Å². The number of carbonyl (C=O) groups is 1.